The summed E-state index contributed by atoms with van der Waals surface area (Å²) in [6, 6.07) is 15.3. The molecule has 1 aliphatic heterocycles. The van der Waals surface area contributed by atoms with Crippen LogP contribution in [0.3, 0.4) is 0 Å². The summed E-state index contributed by atoms with van der Waals surface area (Å²) in [6.07, 6.45) is 9.15. The first-order chi connectivity index (χ1) is 12.2. The molecule has 0 atom stereocenters. The Morgan fingerprint density at radius 1 is 0.920 bits per heavy atom. The van der Waals surface area contributed by atoms with Gasteiger partial charge in [-0.3, -0.25) is 4.79 Å². The Morgan fingerprint density at radius 3 is 2.56 bits per heavy atom. The minimum atomic E-state index is 0.0700. The summed E-state index contributed by atoms with van der Waals surface area (Å²) in [7, 11) is 0. The number of carbonyl (C=O) groups is 1. The van der Waals surface area contributed by atoms with Crippen LogP contribution in [0.5, 0.6) is 5.75 Å². The molecule has 0 amide bonds. The van der Waals surface area contributed by atoms with Crippen molar-refractivity contribution in [2.45, 2.75) is 4.90 Å². The Hall–Kier alpha value is -2.56. The first-order valence-corrected chi connectivity index (χ1v) is 9.42. The van der Waals surface area contributed by atoms with Gasteiger partial charge in [0.15, 0.2) is 0 Å². The van der Waals surface area contributed by atoms with Gasteiger partial charge in [0.25, 0.3) is 0 Å². The summed E-state index contributed by atoms with van der Waals surface area (Å²) in [5.41, 5.74) is 0.768. The van der Waals surface area contributed by atoms with Crippen molar-refractivity contribution in [3.8, 4) is 5.75 Å². The largest absolute Gasteiger partial charge is 0.871 e. The summed E-state index contributed by atoms with van der Waals surface area (Å²) < 4.78 is 1.00. The molecular weight excluding hydrogens is 348 g/mol. The summed E-state index contributed by atoms with van der Waals surface area (Å²) in [5.74, 6) is 0.140. The number of fused-ring (bicyclic) bond motifs is 2. The summed E-state index contributed by atoms with van der Waals surface area (Å²) in [6.45, 7) is 0. The highest BCUT2D eigenvalue weighted by Crippen LogP contribution is 2.39. The summed E-state index contributed by atoms with van der Waals surface area (Å²) >= 11 is 2.98. The number of carbonyl (C=O) groups excluding carboxylic acids is 1. The minimum Gasteiger partial charge on any atom is -0.871 e. The van der Waals surface area contributed by atoms with E-state index in [4.69, 9.17) is 0 Å². The molecule has 3 aromatic rings. The van der Waals surface area contributed by atoms with Crippen molar-refractivity contribution in [3.63, 3.8) is 0 Å². The molecule has 0 fully saturated rings. The smallest absolute Gasteiger partial charge is 0.200 e. The monoisotopic (exact) mass is 361 g/mol. The van der Waals surface area contributed by atoms with Crippen LogP contribution in [-0.4, -0.2) is 5.78 Å². The van der Waals surface area contributed by atoms with Crippen molar-refractivity contribution in [1.29, 1.82) is 0 Å². The van der Waals surface area contributed by atoms with Gasteiger partial charge in [0.1, 0.15) is 0 Å². The van der Waals surface area contributed by atoms with Gasteiger partial charge in [-0.25, -0.2) is 0 Å². The first kappa shape index (κ1) is 15.9. The average molecular weight is 361 g/mol. The van der Waals surface area contributed by atoms with Crippen LogP contribution in [0.2, 0.25) is 0 Å². The van der Waals surface area contributed by atoms with Crippen LogP contribution < -0.4 is 5.11 Å². The van der Waals surface area contributed by atoms with Crippen molar-refractivity contribution >= 4 is 45.0 Å². The van der Waals surface area contributed by atoms with Crippen LogP contribution in [0, 0.1) is 0 Å². The van der Waals surface area contributed by atoms with Gasteiger partial charge >= 0.3 is 0 Å². The minimum absolute atomic E-state index is 0.0700. The maximum absolute atomic E-state index is 12.2. The molecule has 2 nitrogen and oxygen atoms in total. The van der Waals surface area contributed by atoms with Crippen molar-refractivity contribution in [3.05, 3.63) is 88.2 Å². The zero-order chi connectivity index (χ0) is 17.2. The van der Waals surface area contributed by atoms with Gasteiger partial charge in [0, 0.05) is 20.0 Å². The SMILES string of the molecule is O=C1\C(=C/C=C/C=C/c2sc3ccccc3c2[O-])Sc2ccccc21. The van der Waals surface area contributed by atoms with Crippen LogP contribution in [0.15, 0.2) is 82.6 Å². The number of thioether (sulfide) groups is 1. The van der Waals surface area contributed by atoms with Gasteiger partial charge < -0.3 is 5.11 Å². The normalized spacial score (nSPS) is 15.8. The van der Waals surface area contributed by atoms with Crippen LogP contribution in [-0.2, 0) is 0 Å². The second-order valence-corrected chi connectivity index (χ2v) is 7.66. The van der Waals surface area contributed by atoms with E-state index in [0.29, 0.717) is 0 Å². The highest BCUT2D eigenvalue weighted by Gasteiger charge is 2.24. The predicted octanol–water partition coefficient (Wildman–Crippen LogP) is 5.42. The highest BCUT2D eigenvalue weighted by atomic mass is 32.2. The second kappa shape index (κ2) is 6.75. The van der Waals surface area contributed by atoms with Crippen LogP contribution in [0.1, 0.15) is 15.2 Å². The molecular formula is C21H13O2S2-. The van der Waals surface area contributed by atoms with E-state index in [2.05, 4.69) is 0 Å². The third-order valence-corrected chi connectivity index (χ3v) is 6.10. The lowest BCUT2D eigenvalue weighted by molar-refractivity contribution is -0.265. The van der Waals surface area contributed by atoms with Gasteiger partial charge in [0.05, 0.1) is 4.91 Å². The standard InChI is InChI=1S/C21H14O2S2/c22-20-14-8-4-6-10-16(14)24-18(20)12-2-1-3-13-19-21(23)15-9-5-7-11-17(15)25-19/h1-13,22H/p-1/b3-1+,12-2+,19-13+. The molecule has 0 radical (unpaired) electrons. The van der Waals surface area contributed by atoms with E-state index in [0.717, 1.165) is 30.3 Å². The van der Waals surface area contributed by atoms with E-state index in [1.165, 1.54) is 23.1 Å². The van der Waals surface area contributed by atoms with Gasteiger partial charge in [-0.1, -0.05) is 66.1 Å². The third kappa shape index (κ3) is 3.06. The topological polar surface area (TPSA) is 40.1 Å². The quantitative estimate of drug-likeness (QED) is 0.462. The Labute approximate surface area is 153 Å². The molecule has 4 heteroatoms. The number of hydrogen-bond donors (Lipinski definition) is 0. The van der Waals surface area contributed by atoms with Gasteiger partial charge in [-0.15, -0.1) is 11.3 Å². The van der Waals surface area contributed by atoms with E-state index >= 15 is 0 Å². The average Bonchev–Trinajstić information content (AvgIpc) is 3.13. The molecule has 1 aliphatic rings. The molecule has 25 heavy (non-hydrogen) atoms. The molecule has 0 saturated carbocycles. The number of ketones is 1. The fourth-order valence-electron chi connectivity index (χ4n) is 2.65. The molecule has 122 valence electrons. The van der Waals surface area contributed by atoms with E-state index < -0.39 is 0 Å². The molecule has 2 aromatic carbocycles. The van der Waals surface area contributed by atoms with Crippen molar-refractivity contribution in [2.24, 2.45) is 0 Å². The van der Waals surface area contributed by atoms with E-state index in [1.54, 1.807) is 0 Å². The lowest BCUT2D eigenvalue weighted by Crippen LogP contribution is -1.92. The van der Waals surface area contributed by atoms with Crippen molar-refractivity contribution < 1.29 is 9.90 Å². The zero-order valence-corrected chi connectivity index (χ0v) is 14.8. The predicted molar refractivity (Wildman–Crippen MR) is 104 cm³/mol. The van der Waals surface area contributed by atoms with Crippen LogP contribution in [0.25, 0.3) is 16.2 Å². The lowest BCUT2D eigenvalue weighted by Gasteiger charge is -2.03. The van der Waals surface area contributed by atoms with E-state index in [-0.39, 0.29) is 11.5 Å². The maximum Gasteiger partial charge on any atom is 0.200 e. The fraction of sp³-hybridized carbons (Fsp3) is 0. The zero-order valence-electron chi connectivity index (χ0n) is 13.1. The second-order valence-electron chi connectivity index (χ2n) is 5.49. The van der Waals surface area contributed by atoms with E-state index in [9.17, 15) is 9.90 Å². The number of thiophene rings is 1. The lowest BCUT2D eigenvalue weighted by atomic mass is 10.1. The number of hydrogen-bond acceptors (Lipinski definition) is 4. The van der Waals surface area contributed by atoms with Gasteiger partial charge in [0.2, 0.25) is 5.78 Å². The Kier molecular flexibility index (Phi) is 4.30. The molecule has 1 aromatic heterocycles. The number of benzene rings is 2. The van der Waals surface area contributed by atoms with Crippen LogP contribution >= 0.6 is 23.1 Å². The Bertz CT molecular complexity index is 1050. The number of rotatable bonds is 3. The van der Waals surface area contributed by atoms with E-state index in [1.807, 2.05) is 78.9 Å². The first-order valence-electron chi connectivity index (χ1n) is 7.79. The molecule has 0 unspecified atom stereocenters. The molecule has 0 N–H and O–H groups in total. The van der Waals surface area contributed by atoms with Crippen LogP contribution in [0.4, 0.5) is 0 Å². The number of allylic oxidation sites excluding steroid dienone is 5. The fourth-order valence-corrected chi connectivity index (χ4v) is 4.66. The molecule has 0 bridgehead atoms. The Morgan fingerprint density at radius 2 is 1.72 bits per heavy atom. The third-order valence-electron chi connectivity index (χ3n) is 3.87. The maximum atomic E-state index is 12.2. The molecule has 0 saturated heterocycles. The Balaban J connectivity index is 1.49. The van der Waals surface area contributed by atoms with Crippen molar-refractivity contribution in [1.82, 2.24) is 0 Å². The molecule has 2 heterocycles. The van der Waals surface area contributed by atoms with Gasteiger partial charge in [-0.2, -0.15) is 0 Å². The highest BCUT2D eigenvalue weighted by molar-refractivity contribution is 8.04. The molecule has 0 aliphatic carbocycles. The summed E-state index contributed by atoms with van der Waals surface area (Å²) in [4.78, 5) is 14.7. The molecule has 4 rings (SSSR count). The number of Topliss-reactive ketones (excluding diaryl/α,β-unsaturated/α-hetero) is 1. The van der Waals surface area contributed by atoms with Crippen molar-refractivity contribution in [2.75, 3.05) is 0 Å². The van der Waals surface area contributed by atoms with Gasteiger partial charge in [-0.05, 0) is 35.7 Å². The molecule has 0 spiro atoms. The summed E-state index contributed by atoms with van der Waals surface area (Å²) in [5, 5.41) is 13.0.